The molecule has 0 atom stereocenters. The molecule has 2 heteroatoms. The van der Waals surface area contributed by atoms with E-state index in [-0.39, 0.29) is 5.41 Å². The van der Waals surface area contributed by atoms with Crippen LogP contribution >= 0.6 is 0 Å². The van der Waals surface area contributed by atoms with Crippen LogP contribution in [0.5, 0.6) is 0 Å². The lowest BCUT2D eigenvalue weighted by Crippen LogP contribution is -2.19. The second-order valence-corrected chi connectivity index (χ2v) is 20.0. The van der Waals surface area contributed by atoms with E-state index in [4.69, 9.17) is 0 Å². The Morgan fingerprint density at radius 1 is 0.324 bits per heavy atom. The van der Waals surface area contributed by atoms with Crippen LogP contribution in [0.1, 0.15) is 68.6 Å². The van der Waals surface area contributed by atoms with E-state index in [1.54, 1.807) is 0 Å². The molecule has 344 valence electrons. The van der Waals surface area contributed by atoms with Gasteiger partial charge < -0.3 is 9.80 Å². The Morgan fingerprint density at radius 2 is 0.690 bits per heavy atom. The van der Waals surface area contributed by atoms with Gasteiger partial charge >= 0.3 is 0 Å². The minimum atomic E-state index is -0.278. The average molecular weight is 915 g/mol. The predicted octanol–water partition coefficient (Wildman–Crippen LogP) is 19.6. The summed E-state index contributed by atoms with van der Waals surface area (Å²) in [5.41, 5.74) is 22.8. The topological polar surface area (TPSA) is 6.48 Å². The van der Waals surface area contributed by atoms with Gasteiger partial charge in [0, 0.05) is 39.4 Å². The Hall–Kier alpha value is -8.20. The molecule has 71 heavy (non-hydrogen) atoms. The highest BCUT2D eigenvalue weighted by molar-refractivity contribution is 5.98. The van der Waals surface area contributed by atoms with E-state index in [0.717, 1.165) is 34.1 Å². The molecule has 0 unspecified atom stereocenters. The lowest BCUT2D eigenvalue weighted by molar-refractivity contribution is 0.443. The number of nitrogens with zero attached hydrogens (tertiary/aromatic N) is 2. The first-order chi connectivity index (χ1) is 35.0. The molecule has 2 aliphatic rings. The van der Waals surface area contributed by atoms with E-state index >= 15 is 0 Å². The molecule has 0 aliphatic heterocycles. The fourth-order valence-electron chi connectivity index (χ4n) is 11.4. The molecule has 0 amide bonds. The van der Waals surface area contributed by atoms with Gasteiger partial charge in [-0.3, -0.25) is 0 Å². The summed E-state index contributed by atoms with van der Waals surface area (Å²) in [7, 11) is 0. The average Bonchev–Trinajstić information content (AvgIpc) is 3.67. The molecule has 0 aromatic heterocycles. The second kappa shape index (κ2) is 18.9. The molecule has 12 rings (SSSR count). The van der Waals surface area contributed by atoms with Crippen molar-refractivity contribution < 1.29 is 0 Å². The van der Waals surface area contributed by atoms with E-state index in [2.05, 4.69) is 272 Å². The summed E-state index contributed by atoms with van der Waals surface area (Å²) in [6, 6.07) is 91.9. The third-order valence-electron chi connectivity index (χ3n) is 15.3. The maximum atomic E-state index is 2.59. The van der Waals surface area contributed by atoms with E-state index in [9.17, 15) is 0 Å². The van der Waals surface area contributed by atoms with Crippen LogP contribution in [0.4, 0.5) is 34.1 Å². The van der Waals surface area contributed by atoms with Gasteiger partial charge in [-0.15, -0.1) is 0 Å². The van der Waals surface area contributed by atoms with Crippen LogP contribution in [0.25, 0.3) is 55.6 Å². The molecule has 0 saturated heterocycles. The molecule has 10 aromatic carbocycles. The molecule has 2 aliphatic carbocycles. The van der Waals surface area contributed by atoms with Gasteiger partial charge in [-0.1, -0.05) is 221 Å². The molecular formula is C69H58N2. The molecule has 0 radical (unpaired) electrons. The Kier molecular flexibility index (Phi) is 11.8. The third kappa shape index (κ3) is 8.55. The fraction of sp³-hybridized carbons (Fsp3) is 0.130. The first kappa shape index (κ1) is 44.0. The molecule has 0 spiro atoms. The van der Waals surface area contributed by atoms with Gasteiger partial charge in [0.05, 0.1) is 5.69 Å². The van der Waals surface area contributed by atoms with Crippen molar-refractivity contribution in [1.82, 2.24) is 0 Å². The predicted molar refractivity (Wildman–Crippen MR) is 301 cm³/mol. The third-order valence-corrected chi connectivity index (χ3v) is 15.3. The van der Waals surface area contributed by atoms with Gasteiger partial charge in [-0.25, -0.2) is 0 Å². The van der Waals surface area contributed by atoms with E-state index < -0.39 is 0 Å². The minimum Gasteiger partial charge on any atom is -0.310 e. The molecule has 1 fully saturated rings. The van der Waals surface area contributed by atoms with Crippen LogP contribution in [0.2, 0.25) is 0 Å². The van der Waals surface area contributed by atoms with E-state index in [1.807, 2.05) is 0 Å². The molecule has 2 nitrogen and oxygen atoms in total. The smallest absolute Gasteiger partial charge is 0.0564 e. The van der Waals surface area contributed by atoms with Gasteiger partial charge in [0.1, 0.15) is 0 Å². The highest BCUT2D eigenvalue weighted by Crippen LogP contribution is 2.57. The van der Waals surface area contributed by atoms with Crippen molar-refractivity contribution >= 4 is 34.1 Å². The van der Waals surface area contributed by atoms with Gasteiger partial charge in [0.2, 0.25) is 0 Å². The van der Waals surface area contributed by atoms with Crippen LogP contribution in [0.15, 0.2) is 249 Å². The number of rotatable bonds is 11. The zero-order chi connectivity index (χ0) is 47.7. The Morgan fingerprint density at radius 3 is 1.08 bits per heavy atom. The van der Waals surface area contributed by atoms with Crippen LogP contribution in [-0.2, 0) is 5.41 Å². The zero-order valence-corrected chi connectivity index (χ0v) is 40.7. The van der Waals surface area contributed by atoms with Crippen molar-refractivity contribution in [2.75, 3.05) is 9.80 Å². The number of anilines is 6. The molecule has 1 saturated carbocycles. The Balaban J connectivity index is 1.09. The molecule has 0 bridgehead atoms. The van der Waals surface area contributed by atoms with E-state index in [1.165, 1.54) is 104 Å². The van der Waals surface area contributed by atoms with Crippen LogP contribution < -0.4 is 9.80 Å². The maximum absolute atomic E-state index is 2.59. The van der Waals surface area contributed by atoms with Crippen molar-refractivity contribution in [2.24, 2.45) is 0 Å². The summed E-state index contributed by atoms with van der Waals surface area (Å²) in [4.78, 5) is 4.98. The molecule has 0 N–H and O–H groups in total. The number of fused-ring (bicyclic) bond motifs is 3. The summed E-state index contributed by atoms with van der Waals surface area (Å²) in [5, 5.41) is 0. The maximum Gasteiger partial charge on any atom is 0.0564 e. The fourth-order valence-corrected chi connectivity index (χ4v) is 11.4. The second-order valence-electron chi connectivity index (χ2n) is 20.0. The summed E-state index contributed by atoms with van der Waals surface area (Å²) in [6.45, 7) is 4.91. The first-order valence-electron chi connectivity index (χ1n) is 25.5. The van der Waals surface area contributed by atoms with Crippen molar-refractivity contribution in [3.05, 3.63) is 265 Å². The van der Waals surface area contributed by atoms with Crippen molar-refractivity contribution in [3.63, 3.8) is 0 Å². The zero-order valence-electron chi connectivity index (χ0n) is 40.7. The first-order valence-corrected chi connectivity index (χ1v) is 25.5. The Labute approximate surface area is 420 Å². The van der Waals surface area contributed by atoms with E-state index in [0.29, 0.717) is 5.92 Å². The van der Waals surface area contributed by atoms with Gasteiger partial charge in [-0.05, 0) is 146 Å². The summed E-state index contributed by atoms with van der Waals surface area (Å²) < 4.78 is 0. The van der Waals surface area contributed by atoms with Crippen LogP contribution in [-0.4, -0.2) is 0 Å². The monoisotopic (exact) mass is 914 g/mol. The Bertz CT molecular complexity index is 3240. The van der Waals surface area contributed by atoms with Crippen molar-refractivity contribution in [1.29, 1.82) is 0 Å². The molecule has 0 heterocycles. The number of benzene rings is 10. The number of hydrogen-bond donors (Lipinski definition) is 0. The number of hydrogen-bond acceptors (Lipinski definition) is 2. The van der Waals surface area contributed by atoms with Crippen LogP contribution in [0.3, 0.4) is 0 Å². The summed E-state index contributed by atoms with van der Waals surface area (Å²) in [6.07, 6.45) is 6.52. The van der Waals surface area contributed by atoms with Crippen molar-refractivity contribution in [3.8, 4) is 55.6 Å². The molecular weight excluding hydrogens is 857 g/mol. The summed E-state index contributed by atoms with van der Waals surface area (Å²) in [5.74, 6) is 0.611. The highest BCUT2D eigenvalue weighted by Gasteiger charge is 2.40. The minimum absolute atomic E-state index is 0.278. The highest BCUT2D eigenvalue weighted by atomic mass is 15.2. The standard InChI is InChI=1S/C69H58N2/c1-69(2)65-46-58(53-26-16-7-17-27-53)36-45-64(65)68-66(69)47-63(70(59-37-28-54(29-38-59)49-18-8-3-9-19-49)60-39-30-55(31-40-60)50-20-10-4-11-21-50)48-67(68)71(61-41-32-56(33-42-61)51-22-12-5-13-23-51)62-43-34-57(35-44-62)52-24-14-6-15-25-52/h3-6,8-15,18-25,28-48,53H,7,16-17,26-27H2,1-2H3. The van der Waals surface area contributed by atoms with Gasteiger partial charge in [0.25, 0.3) is 0 Å². The summed E-state index contributed by atoms with van der Waals surface area (Å²) >= 11 is 0. The van der Waals surface area contributed by atoms with Gasteiger partial charge in [-0.2, -0.15) is 0 Å². The van der Waals surface area contributed by atoms with Crippen LogP contribution in [0, 0.1) is 0 Å². The molecule has 10 aromatic rings. The normalized spacial score (nSPS) is 13.8. The quantitative estimate of drug-likeness (QED) is 0.128. The van der Waals surface area contributed by atoms with Gasteiger partial charge in [0.15, 0.2) is 0 Å². The lowest BCUT2D eigenvalue weighted by atomic mass is 9.78. The SMILES string of the molecule is CC1(C)c2cc(C3CCCCC3)ccc2-c2c(N(c3ccc(-c4ccccc4)cc3)c3ccc(-c4ccccc4)cc3)cc(N(c3ccc(-c4ccccc4)cc3)c3ccc(-c4ccccc4)cc3)cc21. The lowest BCUT2D eigenvalue weighted by Gasteiger charge is -2.33. The van der Waals surface area contributed by atoms with Crippen molar-refractivity contribution in [2.45, 2.75) is 57.3 Å². The largest absolute Gasteiger partial charge is 0.310 e.